The SMILES string of the molecule is O=C(O)c1cc(O)c(OC2O[C@H](CO)[C@@H](O)[C@H](O)[C@@H]2O)c(O)c1. The number of phenolic OH excluding ortho intramolecular Hbond substituents is 2. The maximum Gasteiger partial charge on any atom is 0.335 e. The van der Waals surface area contributed by atoms with Gasteiger partial charge in [-0.05, 0) is 12.1 Å². The molecule has 1 saturated heterocycles. The summed E-state index contributed by atoms with van der Waals surface area (Å²) in [5.41, 5.74) is -0.402. The average Bonchev–Trinajstić information content (AvgIpc) is 2.50. The number of aliphatic hydroxyl groups excluding tert-OH is 4. The van der Waals surface area contributed by atoms with Crippen LogP contribution in [-0.2, 0) is 4.74 Å². The number of carboxylic acid groups (broad SMARTS) is 1. The van der Waals surface area contributed by atoms with E-state index in [0.29, 0.717) is 0 Å². The highest BCUT2D eigenvalue weighted by Gasteiger charge is 2.45. The molecule has 1 aromatic rings. The lowest BCUT2D eigenvalue weighted by Gasteiger charge is -2.39. The Morgan fingerprint density at radius 3 is 2.13 bits per heavy atom. The van der Waals surface area contributed by atoms with E-state index in [9.17, 15) is 30.3 Å². The zero-order valence-electron chi connectivity index (χ0n) is 11.6. The van der Waals surface area contributed by atoms with Crippen molar-refractivity contribution < 1.29 is 50.0 Å². The van der Waals surface area contributed by atoms with Crippen LogP contribution in [0.4, 0.5) is 0 Å². The Labute approximate surface area is 129 Å². The van der Waals surface area contributed by atoms with Crippen LogP contribution in [0.15, 0.2) is 12.1 Å². The van der Waals surface area contributed by atoms with Gasteiger partial charge in [0.1, 0.15) is 24.4 Å². The molecule has 7 N–H and O–H groups in total. The lowest BCUT2D eigenvalue weighted by atomic mass is 9.99. The van der Waals surface area contributed by atoms with E-state index in [1.54, 1.807) is 0 Å². The Kier molecular flexibility index (Phi) is 4.92. The molecule has 0 amide bonds. The van der Waals surface area contributed by atoms with Crippen LogP contribution in [0.25, 0.3) is 0 Å². The molecule has 0 saturated carbocycles. The van der Waals surface area contributed by atoms with Crippen molar-refractivity contribution in [3.63, 3.8) is 0 Å². The van der Waals surface area contributed by atoms with Gasteiger partial charge in [0.2, 0.25) is 12.0 Å². The molecule has 0 bridgehead atoms. The second-order valence-electron chi connectivity index (χ2n) is 4.96. The molecule has 0 aromatic heterocycles. The summed E-state index contributed by atoms with van der Waals surface area (Å²) in [4.78, 5) is 10.8. The highest BCUT2D eigenvalue weighted by Crippen LogP contribution is 2.39. The predicted molar refractivity (Wildman–Crippen MR) is 71.1 cm³/mol. The molecule has 1 fully saturated rings. The minimum atomic E-state index is -1.74. The second-order valence-corrected chi connectivity index (χ2v) is 4.96. The van der Waals surface area contributed by atoms with E-state index in [2.05, 4.69) is 0 Å². The van der Waals surface area contributed by atoms with Gasteiger partial charge >= 0.3 is 5.97 Å². The maximum atomic E-state index is 10.8. The lowest BCUT2D eigenvalue weighted by Crippen LogP contribution is -2.60. The fourth-order valence-electron chi connectivity index (χ4n) is 2.12. The molecule has 0 radical (unpaired) electrons. The number of aromatic hydroxyl groups is 2. The Hall–Kier alpha value is -2.11. The molecule has 10 heteroatoms. The van der Waals surface area contributed by atoms with Crippen molar-refractivity contribution in [1.29, 1.82) is 0 Å². The van der Waals surface area contributed by atoms with E-state index in [0.717, 1.165) is 12.1 Å². The van der Waals surface area contributed by atoms with Gasteiger partial charge in [-0.1, -0.05) is 0 Å². The fraction of sp³-hybridized carbons (Fsp3) is 0.462. The van der Waals surface area contributed by atoms with Gasteiger partial charge in [0.05, 0.1) is 12.2 Å². The molecule has 23 heavy (non-hydrogen) atoms. The molecule has 1 aromatic carbocycles. The van der Waals surface area contributed by atoms with Crippen molar-refractivity contribution in [2.24, 2.45) is 0 Å². The van der Waals surface area contributed by atoms with Gasteiger partial charge in [0.25, 0.3) is 0 Å². The van der Waals surface area contributed by atoms with Crippen LogP contribution in [0.1, 0.15) is 10.4 Å². The topological polar surface area (TPSA) is 177 Å². The van der Waals surface area contributed by atoms with Crippen LogP contribution in [0.3, 0.4) is 0 Å². The minimum absolute atomic E-state index is 0.402. The summed E-state index contributed by atoms with van der Waals surface area (Å²) >= 11 is 0. The van der Waals surface area contributed by atoms with Gasteiger partial charge in [-0.2, -0.15) is 0 Å². The lowest BCUT2D eigenvalue weighted by molar-refractivity contribution is -0.277. The van der Waals surface area contributed by atoms with Crippen molar-refractivity contribution in [3.05, 3.63) is 17.7 Å². The molecular formula is C13H16O10. The molecule has 1 unspecified atom stereocenters. The molecule has 1 heterocycles. The number of carbonyl (C=O) groups is 1. The van der Waals surface area contributed by atoms with Crippen LogP contribution in [0.2, 0.25) is 0 Å². The summed E-state index contributed by atoms with van der Waals surface area (Å²) in [5.74, 6) is -3.45. The number of aliphatic hydroxyl groups is 4. The van der Waals surface area contributed by atoms with Crippen LogP contribution in [0.5, 0.6) is 17.2 Å². The van der Waals surface area contributed by atoms with Crippen molar-refractivity contribution in [2.75, 3.05) is 6.61 Å². The first kappa shape index (κ1) is 17.2. The van der Waals surface area contributed by atoms with Gasteiger partial charge in [-0.25, -0.2) is 4.79 Å². The summed E-state index contributed by atoms with van der Waals surface area (Å²) in [5, 5.41) is 66.4. The number of ether oxygens (including phenoxy) is 2. The largest absolute Gasteiger partial charge is 0.504 e. The monoisotopic (exact) mass is 332 g/mol. The standard InChI is InChI=1S/C13H16O10/c14-3-7-8(17)9(18)10(19)13(22-7)23-11-5(15)1-4(12(20)21)2-6(11)16/h1-2,7-10,13-19H,3H2,(H,20,21)/t7-,8-,9+,10+,13?/m1/s1. The summed E-state index contributed by atoms with van der Waals surface area (Å²) < 4.78 is 10.1. The second kappa shape index (κ2) is 6.56. The van der Waals surface area contributed by atoms with Gasteiger partial charge in [0.15, 0.2) is 11.5 Å². The van der Waals surface area contributed by atoms with Crippen molar-refractivity contribution >= 4 is 5.97 Å². The Balaban J connectivity index is 2.26. The molecular weight excluding hydrogens is 316 g/mol. The minimum Gasteiger partial charge on any atom is -0.504 e. The van der Waals surface area contributed by atoms with E-state index in [1.807, 2.05) is 0 Å². The summed E-state index contributed by atoms with van der Waals surface area (Å²) in [6.07, 6.45) is -7.90. The van der Waals surface area contributed by atoms with E-state index in [-0.39, 0.29) is 0 Å². The number of benzene rings is 1. The first-order valence-electron chi connectivity index (χ1n) is 6.52. The van der Waals surface area contributed by atoms with E-state index >= 15 is 0 Å². The Bertz CT molecular complexity index is 563. The third kappa shape index (κ3) is 3.30. The number of phenols is 2. The fourth-order valence-corrected chi connectivity index (χ4v) is 2.12. The molecule has 1 aliphatic heterocycles. The van der Waals surface area contributed by atoms with Crippen molar-refractivity contribution in [3.8, 4) is 17.2 Å². The quantitative estimate of drug-likeness (QED) is 0.325. The molecule has 2 rings (SSSR count). The highest BCUT2D eigenvalue weighted by molar-refractivity contribution is 5.89. The van der Waals surface area contributed by atoms with E-state index in [4.69, 9.17) is 19.7 Å². The smallest absolute Gasteiger partial charge is 0.335 e. The third-order valence-corrected chi connectivity index (χ3v) is 3.38. The predicted octanol–water partition coefficient (Wildman–Crippen LogP) is -2.03. The van der Waals surface area contributed by atoms with Gasteiger partial charge in [0, 0.05) is 0 Å². The number of rotatable bonds is 4. The molecule has 10 nitrogen and oxygen atoms in total. The first-order valence-corrected chi connectivity index (χ1v) is 6.52. The molecule has 0 spiro atoms. The van der Waals surface area contributed by atoms with Crippen LogP contribution in [-0.4, -0.2) is 79.0 Å². The van der Waals surface area contributed by atoms with Crippen molar-refractivity contribution in [1.82, 2.24) is 0 Å². The van der Waals surface area contributed by atoms with Gasteiger partial charge < -0.3 is 45.2 Å². The van der Waals surface area contributed by atoms with Gasteiger partial charge in [-0.3, -0.25) is 0 Å². The van der Waals surface area contributed by atoms with Crippen LogP contribution >= 0.6 is 0 Å². The summed E-state index contributed by atoms with van der Waals surface area (Å²) in [7, 11) is 0. The number of carboxylic acids is 1. The van der Waals surface area contributed by atoms with Crippen LogP contribution < -0.4 is 4.74 Å². The third-order valence-electron chi connectivity index (χ3n) is 3.38. The Morgan fingerprint density at radius 2 is 1.65 bits per heavy atom. The molecule has 128 valence electrons. The van der Waals surface area contributed by atoms with E-state index < -0.39 is 66.1 Å². The number of aromatic carboxylic acids is 1. The maximum absolute atomic E-state index is 10.8. The van der Waals surface area contributed by atoms with Crippen molar-refractivity contribution in [2.45, 2.75) is 30.7 Å². The Morgan fingerprint density at radius 1 is 1.09 bits per heavy atom. The summed E-state index contributed by atoms with van der Waals surface area (Å²) in [6, 6.07) is 1.61. The zero-order valence-corrected chi connectivity index (χ0v) is 11.6. The van der Waals surface area contributed by atoms with E-state index in [1.165, 1.54) is 0 Å². The zero-order chi connectivity index (χ0) is 17.3. The number of hydrogen-bond acceptors (Lipinski definition) is 9. The molecule has 1 aliphatic rings. The average molecular weight is 332 g/mol. The normalized spacial score (nSPS) is 30.9. The van der Waals surface area contributed by atoms with Gasteiger partial charge in [-0.15, -0.1) is 0 Å². The van der Waals surface area contributed by atoms with Crippen LogP contribution in [0, 0.1) is 0 Å². The number of hydrogen-bond donors (Lipinski definition) is 7. The molecule has 0 aliphatic carbocycles. The first-order chi connectivity index (χ1) is 10.8. The highest BCUT2D eigenvalue weighted by atomic mass is 16.7. The summed E-state index contributed by atoms with van der Waals surface area (Å²) in [6.45, 7) is -0.680. The molecule has 5 atom stereocenters.